The fourth-order valence-electron chi connectivity index (χ4n) is 5.04. The molecule has 152 valence electrons. The SMILES string of the molecule is CN(C)c1ccc(O)c2c1CC1CC3CC(O)=C(C(N)=O)C(=O)C3C(O)=C1C2=O. The Labute approximate surface area is 166 Å². The number of rotatable bonds is 2. The summed E-state index contributed by atoms with van der Waals surface area (Å²) in [5.74, 6) is -5.14. The molecule has 0 aromatic heterocycles. The fraction of sp³-hybridized carbons (Fsp3) is 0.381. The largest absolute Gasteiger partial charge is 0.511 e. The summed E-state index contributed by atoms with van der Waals surface area (Å²) in [4.78, 5) is 39.5. The molecule has 0 saturated heterocycles. The first-order valence-corrected chi connectivity index (χ1v) is 9.39. The van der Waals surface area contributed by atoms with Gasteiger partial charge in [0.25, 0.3) is 5.91 Å². The highest BCUT2D eigenvalue weighted by atomic mass is 16.3. The molecule has 3 atom stereocenters. The van der Waals surface area contributed by atoms with Crippen LogP contribution >= 0.6 is 0 Å². The van der Waals surface area contributed by atoms with Gasteiger partial charge in [-0.3, -0.25) is 14.4 Å². The summed E-state index contributed by atoms with van der Waals surface area (Å²) in [6, 6.07) is 3.17. The normalized spacial score (nSPS) is 26.1. The molecule has 4 rings (SSSR count). The van der Waals surface area contributed by atoms with Gasteiger partial charge in [0, 0.05) is 31.8 Å². The summed E-state index contributed by atoms with van der Waals surface area (Å²) in [6.07, 6.45) is 0.830. The third-order valence-corrected chi connectivity index (χ3v) is 6.23. The molecule has 3 unspecified atom stereocenters. The number of primary amides is 1. The van der Waals surface area contributed by atoms with Gasteiger partial charge in [0.1, 0.15) is 22.8 Å². The van der Waals surface area contributed by atoms with Gasteiger partial charge in [-0.1, -0.05) is 0 Å². The van der Waals surface area contributed by atoms with Crippen LogP contribution in [0.1, 0.15) is 28.8 Å². The zero-order valence-electron chi connectivity index (χ0n) is 16.1. The van der Waals surface area contributed by atoms with Gasteiger partial charge in [0.15, 0.2) is 11.6 Å². The minimum Gasteiger partial charge on any atom is -0.511 e. The van der Waals surface area contributed by atoms with E-state index in [1.807, 2.05) is 19.0 Å². The molecule has 29 heavy (non-hydrogen) atoms. The number of amides is 1. The molecule has 5 N–H and O–H groups in total. The van der Waals surface area contributed by atoms with Crippen molar-refractivity contribution in [1.82, 2.24) is 0 Å². The molecule has 0 heterocycles. The lowest BCUT2D eigenvalue weighted by Crippen LogP contribution is -2.43. The maximum Gasteiger partial charge on any atom is 0.255 e. The molecule has 0 saturated carbocycles. The van der Waals surface area contributed by atoms with Crippen LogP contribution in [0.15, 0.2) is 34.8 Å². The third-order valence-electron chi connectivity index (χ3n) is 6.23. The van der Waals surface area contributed by atoms with Crippen LogP contribution < -0.4 is 10.6 Å². The van der Waals surface area contributed by atoms with Crippen molar-refractivity contribution in [3.63, 3.8) is 0 Å². The molecule has 0 fully saturated rings. The highest BCUT2D eigenvalue weighted by molar-refractivity contribution is 6.22. The molecule has 0 bridgehead atoms. The average molecular weight is 398 g/mol. The number of benzene rings is 1. The number of ketones is 2. The summed E-state index contributed by atoms with van der Waals surface area (Å²) in [5, 5.41) is 31.4. The number of anilines is 1. The number of aromatic hydroxyl groups is 1. The zero-order chi connectivity index (χ0) is 21.2. The number of nitrogens with zero attached hydrogens (tertiary/aromatic N) is 1. The van der Waals surface area contributed by atoms with Gasteiger partial charge in [-0.25, -0.2) is 0 Å². The molecule has 8 nitrogen and oxygen atoms in total. The van der Waals surface area contributed by atoms with E-state index in [9.17, 15) is 29.7 Å². The van der Waals surface area contributed by atoms with Gasteiger partial charge in [0.2, 0.25) is 0 Å². The number of carbonyl (C=O) groups is 3. The number of phenols is 1. The van der Waals surface area contributed by atoms with Crippen LogP contribution in [0.25, 0.3) is 0 Å². The van der Waals surface area contributed by atoms with Crippen LogP contribution in [0, 0.1) is 17.8 Å². The Morgan fingerprint density at radius 2 is 1.83 bits per heavy atom. The number of Topliss-reactive ketones (excluding diaryl/α,β-unsaturated/α-hetero) is 2. The number of aliphatic hydroxyl groups excluding tert-OH is 2. The number of fused-ring (bicyclic) bond motifs is 3. The highest BCUT2D eigenvalue weighted by Gasteiger charge is 2.50. The topological polar surface area (TPSA) is 141 Å². The van der Waals surface area contributed by atoms with Gasteiger partial charge in [0.05, 0.1) is 11.5 Å². The van der Waals surface area contributed by atoms with E-state index in [0.29, 0.717) is 18.4 Å². The lowest BCUT2D eigenvalue weighted by molar-refractivity contribution is -0.126. The van der Waals surface area contributed by atoms with E-state index in [1.54, 1.807) is 6.07 Å². The number of nitrogens with two attached hydrogens (primary N) is 1. The summed E-state index contributed by atoms with van der Waals surface area (Å²) < 4.78 is 0. The Morgan fingerprint density at radius 3 is 2.45 bits per heavy atom. The van der Waals surface area contributed by atoms with E-state index in [4.69, 9.17) is 5.73 Å². The molecular formula is C21H22N2O6. The van der Waals surface area contributed by atoms with E-state index < -0.39 is 34.9 Å². The summed E-state index contributed by atoms with van der Waals surface area (Å²) in [5.41, 5.74) is 6.43. The zero-order valence-corrected chi connectivity index (χ0v) is 16.1. The quantitative estimate of drug-likeness (QED) is 0.554. The van der Waals surface area contributed by atoms with Crippen molar-refractivity contribution in [3.05, 3.63) is 45.9 Å². The van der Waals surface area contributed by atoms with Gasteiger partial charge >= 0.3 is 0 Å². The first-order valence-electron chi connectivity index (χ1n) is 9.39. The fourth-order valence-corrected chi connectivity index (χ4v) is 5.04. The lowest BCUT2D eigenvalue weighted by atomic mass is 9.62. The van der Waals surface area contributed by atoms with Crippen molar-refractivity contribution in [3.8, 4) is 5.75 Å². The molecular weight excluding hydrogens is 376 g/mol. The highest BCUT2D eigenvalue weighted by Crippen LogP contribution is 2.50. The van der Waals surface area contributed by atoms with Crippen molar-refractivity contribution in [2.75, 3.05) is 19.0 Å². The van der Waals surface area contributed by atoms with E-state index >= 15 is 0 Å². The summed E-state index contributed by atoms with van der Waals surface area (Å²) in [6.45, 7) is 0. The van der Waals surface area contributed by atoms with Crippen LogP contribution in [0.2, 0.25) is 0 Å². The van der Waals surface area contributed by atoms with E-state index in [0.717, 1.165) is 5.69 Å². The van der Waals surface area contributed by atoms with E-state index in [1.165, 1.54) is 6.07 Å². The number of aliphatic hydroxyl groups is 2. The standard InChI is InChI=1S/C21H22N2O6/c1-23(2)11-3-4-12(24)16-10(11)6-8-5-9-7-13(25)17(21(22)29)20(28)15(9)18(26)14(8)19(16)27/h3-4,8-9,15,24-26H,5-7H2,1-2H3,(H2,22,29). The van der Waals surface area contributed by atoms with Crippen molar-refractivity contribution < 1.29 is 29.7 Å². The minimum absolute atomic E-state index is 0.0319. The van der Waals surface area contributed by atoms with E-state index in [-0.39, 0.29) is 40.7 Å². The van der Waals surface area contributed by atoms with Gasteiger partial charge in [-0.2, -0.15) is 0 Å². The molecule has 1 aromatic rings. The van der Waals surface area contributed by atoms with Crippen molar-refractivity contribution in [2.24, 2.45) is 23.5 Å². The van der Waals surface area contributed by atoms with Crippen molar-refractivity contribution in [1.29, 1.82) is 0 Å². The van der Waals surface area contributed by atoms with Crippen molar-refractivity contribution in [2.45, 2.75) is 19.3 Å². The Bertz CT molecular complexity index is 1040. The lowest BCUT2D eigenvalue weighted by Gasteiger charge is -2.41. The van der Waals surface area contributed by atoms with Gasteiger partial charge in [-0.15, -0.1) is 0 Å². The first kappa shape index (κ1) is 19.0. The van der Waals surface area contributed by atoms with Gasteiger partial charge < -0.3 is 26.0 Å². The second-order valence-electron chi connectivity index (χ2n) is 8.11. The maximum atomic E-state index is 13.3. The number of carbonyl (C=O) groups excluding carboxylic acids is 3. The predicted molar refractivity (Wildman–Crippen MR) is 104 cm³/mol. The number of hydrogen-bond acceptors (Lipinski definition) is 7. The molecule has 1 aromatic carbocycles. The monoisotopic (exact) mass is 398 g/mol. The molecule has 8 heteroatoms. The number of allylic oxidation sites excluding steroid dienone is 3. The Hall–Kier alpha value is -3.29. The minimum atomic E-state index is -1.09. The van der Waals surface area contributed by atoms with Crippen LogP contribution in [-0.2, 0) is 16.0 Å². The molecule has 0 radical (unpaired) electrons. The van der Waals surface area contributed by atoms with Crippen molar-refractivity contribution >= 4 is 23.2 Å². The Morgan fingerprint density at radius 1 is 1.14 bits per heavy atom. The Balaban J connectivity index is 1.87. The summed E-state index contributed by atoms with van der Waals surface area (Å²) >= 11 is 0. The summed E-state index contributed by atoms with van der Waals surface area (Å²) in [7, 11) is 3.68. The maximum absolute atomic E-state index is 13.3. The van der Waals surface area contributed by atoms with Crippen LogP contribution in [-0.4, -0.2) is 46.9 Å². The average Bonchev–Trinajstić information content (AvgIpc) is 2.60. The molecule has 0 aliphatic heterocycles. The number of hydrogen-bond donors (Lipinski definition) is 4. The van der Waals surface area contributed by atoms with Crippen LogP contribution in [0.5, 0.6) is 5.75 Å². The second-order valence-corrected chi connectivity index (χ2v) is 8.11. The molecule has 3 aliphatic carbocycles. The van der Waals surface area contributed by atoms with Crippen LogP contribution in [0.3, 0.4) is 0 Å². The molecule has 0 spiro atoms. The van der Waals surface area contributed by atoms with E-state index in [2.05, 4.69) is 0 Å². The molecule has 1 amide bonds. The predicted octanol–water partition coefficient (Wildman–Crippen LogP) is 1.53. The second kappa shape index (κ2) is 6.37. The van der Waals surface area contributed by atoms with Gasteiger partial charge in [-0.05, 0) is 42.4 Å². The Kier molecular flexibility index (Phi) is 4.18. The molecule has 3 aliphatic rings. The number of phenolic OH excluding ortho intramolecular Hbond substituents is 1. The first-order chi connectivity index (χ1) is 13.6. The van der Waals surface area contributed by atoms with Crippen LogP contribution in [0.4, 0.5) is 5.69 Å². The smallest absolute Gasteiger partial charge is 0.255 e. The third kappa shape index (κ3) is 2.62.